The third-order valence-electron chi connectivity index (χ3n) is 9.58. The van der Waals surface area contributed by atoms with E-state index in [9.17, 15) is 0 Å². The van der Waals surface area contributed by atoms with Gasteiger partial charge in [-0.2, -0.15) is 0 Å². The number of halogens is 2. The van der Waals surface area contributed by atoms with Gasteiger partial charge < -0.3 is 24.8 Å². The minimum atomic E-state index is -0.791. The van der Waals surface area contributed by atoms with Gasteiger partial charge in [0.05, 0.1) is 0 Å². The van der Waals surface area contributed by atoms with Gasteiger partial charge in [0.15, 0.2) is 0 Å². The van der Waals surface area contributed by atoms with E-state index in [2.05, 4.69) is 99.6 Å². The maximum Gasteiger partial charge on any atom is -1.00 e. The van der Waals surface area contributed by atoms with Crippen LogP contribution in [0, 0.1) is 5.92 Å². The predicted octanol–water partition coefficient (Wildman–Crippen LogP) is 4.34. The van der Waals surface area contributed by atoms with Gasteiger partial charge in [0, 0.05) is 0 Å². The second kappa shape index (κ2) is 11.9. The first-order valence-electron chi connectivity index (χ1n) is 14.6. The Labute approximate surface area is 262 Å². The predicted molar refractivity (Wildman–Crippen MR) is 159 cm³/mol. The molecule has 2 aromatic carbocycles. The summed E-state index contributed by atoms with van der Waals surface area (Å²) in [7, 11) is 0. The smallest absolute Gasteiger partial charge is 1.00 e. The number of benzene rings is 2. The summed E-state index contributed by atoms with van der Waals surface area (Å²) in [5.41, 5.74) is 17.6. The zero-order valence-electron chi connectivity index (χ0n) is 25.8. The molecule has 0 aromatic heterocycles. The van der Waals surface area contributed by atoms with Crippen LogP contribution in [0.1, 0.15) is 133 Å². The summed E-state index contributed by atoms with van der Waals surface area (Å²) in [5, 5.41) is 0. The van der Waals surface area contributed by atoms with Crippen LogP contribution in [-0.2, 0) is 33.6 Å². The van der Waals surface area contributed by atoms with Crippen LogP contribution in [0.15, 0.2) is 47.1 Å². The summed E-state index contributed by atoms with van der Waals surface area (Å²) in [6.45, 7) is 24.0. The van der Waals surface area contributed by atoms with Crippen LogP contribution in [0.25, 0.3) is 16.7 Å². The van der Waals surface area contributed by atoms with Gasteiger partial charge in [0.2, 0.25) is 0 Å². The Kier molecular flexibility index (Phi) is 9.96. The third kappa shape index (κ3) is 5.81. The van der Waals surface area contributed by atoms with E-state index in [1.807, 2.05) is 3.21 Å². The van der Waals surface area contributed by atoms with Crippen LogP contribution in [-0.4, -0.2) is 3.21 Å². The van der Waals surface area contributed by atoms with Crippen molar-refractivity contribution in [3.8, 4) is 11.1 Å². The molecule has 3 heteroatoms. The zero-order chi connectivity index (χ0) is 26.9. The summed E-state index contributed by atoms with van der Waals surface area (Å²) >= 11 is -0.791. The largest absolute Gasteiger partial charge is 1.00 e. The van der Waals surface area contributed by atoms with Gasteiger partial charge in [-0.25, -0.2) is 0 Å². The van der Waals surface area contributed by atoms with Crippen molar-refractivity contribution in [2.45, 2.75) is 116 Å². The number of hydrogen-bond acceptors (Lipinski definition) is 0. The van der Waals surface area contributed by atoms with Crippen molar-refractivity contribution >= 4 is 8.78 Å². The Bertz CT molecular complexity index is 1350. The number of rotatable bonds is 2. The van der Waals surface area contributed by atoms with Gasteiger partial charge in [0.25, 0.3) is 0 Å². The van der Waals surface area contributed by atoms with Crippen molar-refractivity contribution in [3.05, 3.63) is 74.9 Å². The molecule has 2 unspecified atom stereocenters. The average molecular weight is 642 g/mol. The van der Waals surface area contributed by atoms with Crippen LogP contribution in [0.4, 0.5) is 0 Å². The first-order valence-corrected chi connectivity index (χ1v) is 17.3. The molecule has 0 nitrogen and oxygen atoms in total. The second-order valence-electron chi connectivity index (χ2n) is 14.1. The van der Waals surface area contributed by atoms with Gasteiger partial charge >= 0.3 is 239 Å². The molecular weight excluding hydrogens is 595 g/mol. The molecule has 0 spiro atoms. The fourth-order valence-corrected chi connectivity index (χ4v) is 11.6. The van der Waals surface area contributed by atoms with Crippen LogP contribution in [0.3, 0.4) is 0 Å². The van der Waals surface area contributed by atoms with E-state index in [0.29, 0.717) is 9.54 Å². The van der Waals surface area contributed by atoms with E-state index in [1.54, 1.807) is 33.4 Å². The Morgan fingerprint density at radius 2 is 1.36 bits per heavy atom. The molecule has 209 valence electrons. The third-order valence-corrected chi connectivity index (χ3v) is 14.0. The van der Waals surface area contributed by atoms with Gasteiger partial charge in [0.1, 0.15) is 0 Å². The summed E-state index contributed by atoms with van der Waals surface area (Å²) < 4.78 is 2.61. The fourth-order valence-electron chi connectivity index (χ4n) is 6.98. The molecule has 1 saturated carbocycles. The molecule has 3 aliphatic carbocycles. The molecule has 0 N–H and O–H groups in total. The molecule has 0 aliphatic heterocycles. The maximum atomic E-state index is 2.62. The van der Waals surface area contributed by atoms with E-state index in [1.165, 1.54) is 59.9 Å². The molecule has 5 rings (SSSR count). The van der Waals surface area contributed by atoms with Gasteiger partial charge in [-0.15, -0.1) is 0 Å². The molecule has 0 radical (unpaired) electrons. The molecule has 0 bridgehead atoms. The van der Waals surface area contributed by atoms with Crippen LogP contribution >= 0.6 is 0 Å². The first kappa shape index (κ1) is 32.8. The fraction of sp³-hybridized carbons (Fsp3) is 0.528. The molecule has 0 heterocycles. The Morgan fingerprint density at radius 3 is 1.90 bits per heavy atom. The van der Waals surface area contributed by atoms with E-state index < -0.39 is 22.8 Å². The topological polar surface area (TPSA) is 0 Å². The summed E-state index contributed by atoms with van der Waals surface area (Å²) in [5.74, 6) is 0.495. The van der Waals surface area contributed by atoms with Crippen molar-refractivity contribution in [2.24, 2.45) is 5.92 Å². The molecule has 39 heavy (non-hydrogen) atoms. The van der Waals surface area contributed by atoms with Gasteiger partial charge in [-0.1, -0.05) is 0 Å². The van der Waals surface area contributed by atoms with Gasteiger partial charge in [-0.3, -0.25) is 0 Å². The van der Waals surface area contributed by atoms with Crippen molar-refractivity contribution in [1.29, 1.82) is 0 Å². The SMILES string of the molecule is CC1=C(C)C(C)C(c2c(C(C)(C)C)ccc3c2[CH]([Zr+2]=[C]2CCCCC2)c2cc(C(C)(C)C)ccc2-3)=C1C.[Cl-].[Cl-]. The summed E-state index contributed by atoms with van der Waals surface area (Å²) in [6.07, 6.45) is 7.07. The van der Waals surface area contributed by atoms with E-state index in [0.717, 1.165) is 0 Å². The molecule has 2 atom stereocenters. The Hall–Kier alpha value is -0.747. The van der Waals surface area contributed by atoms with Crippen molar-refractivity contribution in [2.75, 3.05) is 0 Å². The maximum absolute atomic E-state index is 2.62. The van der Waals surface area contributed by atoms with Crippen molar-refractivity contribution in [1.82, 2.24) is 0 Å². The van der Waals surface area contributed by atoms with E-state index in [-0.39, 0.29) is 35.6 Å². The van der Waals surface area contributed by atoms with Crippen molar-refractivity contribution in [3.63, 3.8) is 0 Å². The summed E-state index contributed by atoms with van der Waals surface area (Å²) in [6, 6.07) is 12.5. The molecular formula is C36H47Cl2Zr. The minimum absolute atomic E-state index is 0. The van der Waals surface area contributed by atoms with Crippen LogP contribution in [0.2, 0.25) is 0 Å². The second-order valence-corrected chi connectivity index (χ2v) is 17.9. The first-order chi connectivity index (χ1) is 17.3. The average Bonchev–Trinajstić information content (AvgIpc) is 3.24. The Balaban J connectivity index is 0.00000210. The standard InChI is InChI=1S/C30H37.C6H10.2ClH.Zr/c1-17-18(2)20(4)27(19(17)3)28-25-16-21-15-22(29(5,6)7)11-12-23(21)24(25)13-14-26(28)30(8,9)10;1-2-4-6-5-3-1;;;/h11-16,19H,1-10H3;1-5H2;2*1H;/q;;;;+2/p-2. The van der Waals surface area contributed by atoms with Gasteiger partial charge in [-0.05, 0) is 0 Å². The van der Waals surface area contributed by atoms with E-state index in [4.69, 9.17) is 0 Å². The number of allylic oxidation sites excluding steroid dienone is 4. The van der Waals surface area contributed by atoms with E-state index >= 15 is 0 Å². The quantitative estimate of drug-likeness (QED) is 0.458. The monoisotopic (exact) mass is 639 g/mol. The van der Waals surface area contributed by atoms with Crippen LogP contribution in [0.5, 0.6) is 0 Å². The normalized spacial score (nSPS) is 20.8. The molecule has 1 fully saturated rings. The Morgan fingerprint density at radius 1 is 0.744 bits per heavy atom. The molecule has 0 saturated heterocycles. The number of hydrogen-bond donors (Lipinski definition) is 0. The summed E-state index contributed by atoms with van der Waals surface area (Å²) in [4.78, 5) is 0. The molecule has 2 aromatic rings. The van der Waals surface area contributed by atoms with Crippen molar-refractivity contribution < 1.29 is 47.6 Å². The molecule has 3 aliphatic rings. The minimum Gasteiger partial charge on any atom is -1.00 e. The number of fused-ring (bicyclic) bond motifs is 3. The van der Waals surface area contributed by atoms with Crippen LogP contribution < -0.4 is 24.8 Å². The zero-order valence-corrected chi connectivity index (χ0v) is 29.8. The molecule has 0 amide bonds.